The van der Waals surface area contributed by atoms with Crippen LogP contribution in [0, 0.1) is 5.92 Å². The van der Waals surface area contributed by atoms with Gasteiger partial charge in [0, 0.05) is 10.7 Å². The van der Waals surface area contributed by atoms with Crippen LogP contribution in [0.5, 0.6) is 11.5 Å². The number of anilines is 1. The molecule has 4 nitrogen and oxygen atoms in total. The second-order valence-corrected chi connectivity index (χ2v) is 6.93. The fourth-order valence-corrected chi connectivity index (χ4v) is 2.63. The summed E-state index contributed by atoms with van der Waals surface area (Å²) in [5.74, 6) is 1.57. The average Bonchev–Trinajstić information content (AvgIpc) is 2.53. The van der Waals surface area contributed by atoms with Gasteiger partial charge in [0.2, 0.25) is 0 Å². The molecule has 0 aliphatic heterocycles. The number of halogens is 2. The highest BCUT2D eigenvalue weighted by molar-refractivity contribution is 9.10. The largest absolute Gasteiger partial charge is 0.493 e. The van der Waals surface area contributed by atoms with Crippen LogP contribution in [0.4, 0.5) is 5.69 Å². The monoisotopic (exact) mass is 411 g/mol. The number of rotatable bonds is 7. The van der Waals surface area contributed by atoms with Crippen molar-refractivity contribution in [2.75, 3.05) is 18.5 Å². The maximum absolute atomic E-state index is 12.0. The first-order valence-electron chi connectivity index (χ1n) is 7.54. The van der Waals surface area contributed by atoms with Crippen LogP contribution in [0.15, 0.2) is 46.9 Å². The van der Waals surface area contributed by atoms with Crippen molar-refractivity contribution in [3.63, 3.8) is 0 Å². The normalized spacial score (nSPS) is 10.5. The van der Waals surface area contributed by atoms with Gasteiger partial charge in [-0.3, -0.25) is 4.79 Å². The van der Waals surface area contributed by atoms with E-state index in [0.29, 0.717) is 33.5 Å². The minimum atomic E-state index is -0.243. The van der Waals surface area contributed by atoms with Crippen molar-refractivity contribution in [1.29, 1.82) is 0 Å². The Morgan fingerprint density at radius 2 is 1.88 bits per heavy atom. The quantitative estimate of drug-likeness (QED) is 0.684. The lowest BCUT2D eigenvalue weighted by Gasteiger charge is -2.11. The van der Waals surface area contributed by atoms with Gasteiger partial charge >= 0.3 is 0 Å². The molecule has 0 atom stereocenters. The Morgan fingerprint density at radius 3 is 2.50 bits per heavy atom. The molecule has 0 aliphatic carbocycles. The zero-order chi connectivity index (χ0) is 17.5. The van der Waals surface area contributed by atoms with Crippen LogP contribution in [-0.4, -0.2) is 19.1 Å². The minimum absolute atomic E-state index is 0.0914. The molecule has 0 bridgehead atoms. The molecular formula is C18H19BrClNO3. The summed E-state index contributed by atoms with van der Waals surface area (Å²) in [6.45, 7) is 4.75. The number of ether oxygens (including phenoxy) is 2. The number of amides is 1. The number of carbonyl (C=O) groups is 1. The van der Waals surface area contributed by atoms with Crippen molar-refractivity contribution in [2.24, 2.45) is 5.92 Å². The van der Waals surface area contributed by atoms with E-state index in [4.69, 9.17) is 21.1 Å². The predicted molar refractivity (Wildman–Crippen MR) is 100 cm³/mol. The zero-order valence-corrected chi connectivity index (χ0v) is 15.9. The SMILES string of the molecule is CC(C)COc1ccc(NC(=O)COc2ccc(Cl)cc2Br)cc1. The van der Waals surface area contributed by atoms with Crippen molar-refractivity contribution >= 4 is 39.1 Å². The molecule has 1 amide bonds. The van der Waals surface area contributed by atoms with E-state index in [1.165, 1.54) is 0 Å². The molecule has 0 aliphatic rings. The highest BCUT2D eigenvalue weighted by Gasteiger charge is 2.07. The molecule has 0 aromatic heterocycles. The van der Waals surface area contributed by atoms with E-state index in [1.54, 1.807) is 30.3 Å². The molecular weight excluding hydrogens is 394 g/mol. The van der Waals surface area contributed by atoms with Crippen LogP contribution in [0.25, 0.3) is 0 Å². The van der Waals surface area contributed by atoms with Crippen molar-refractivity contribution in [3.8, 4) is 11.5 Å². The number of hydrogen-bond acceptors (Lipinski definition) is 3. The first kappa shape index (κ1) is 18.6. The van der Waals surface area contributed by atoms with Crippen molar-refractivity contribution in [3.05, 3.63) is 52.0 Å². The zero-order valence-electron chi connectivity index (χ0n) is 13.5. The van der Waals surface area contributed by atoms with Gasteiger partial charge in [0.25, 0.3) is 5.91 Å². The third kappa shape index (κ3) is 6.06. The predicted octanol–water partition coefficient (Wildman–Crippen LogP) is 5.15. The van der Waals surface area contributed by atoms with Crippen LogP contribution >= 0.6 is 27.5 Å². The number of carbonyl (C=O) groups excluding carboxylic acids is 1. The molecule has 0 unspecified atom stereocenters. The van der Waals surface area contributed by atoms with Crippen LogP contribution < -0.4 is 14.8 Å². The van der Waals surface area contributed by atoms with Gasteiger partial charge in [0.1, 0.15) is 11.5 Å². The molecule has 2 rings (SSSR count). The highest BCUT2D eigenvalue weighted by Crippen LogP contribution is 2.27. The molecule has 0 heterocycles. The van der Waals surface area contributed by atoms with E-state index >= 15 is 0 Å². The van der Waals surface area contributed by atoms with Gasteiger partial charge in [-0.1, -0.05) is 25.4 Å². The van der Waals surface area contributed by atoms with Crippen molar-refractivity contribution in [1.82, 2.24) is 0 Å². The van der Waals surface area contributed by atoms with Gasteiger partial charge in [-0.05, 0) is 64.3 Å². The molecule has 1 N–H and O–H groups in total. The Balaban J connectivity index is 1.83. The van der Waals surface area contributed by atoms with E-state index in [9.17, 15) is 4.79 Å². The fraction of sp³-hybridized carbons (Fsp3) is 0.278. The van der Waals surface area contributed by atoms with Gasteiger partial charge in [-0.2, -0.15) is 0 Å². The van der Waals surface area contributed by atoms with Gasteiger partial charge < -0.3 is 14.8 Å². The summed E-state index contributed by atoms with van der Waals surface area (Å²) in [5, 5.41) is 3.37. The Kier molecular flexibility index (Phi) is 6.94. The second-order valence-electron chi connectivity index (χ2n) is 5.64. The molecule has 2 aromatic carbocycles. The Labute approximate surface area is 155 Å². The summed E-state index contributed by atoms with van der Waals surface area (Å²) in [6.07, 6.45) is 0. The summed E-state index contributed by atoms with van der Waals surface area (Å²) >= 11 is 9.21. The average molecular weight is 413 g/mol. The van der Waals surface area contributed by atoms with Crippen molar-refractivity contribution in [2.45, 2.75) is 13.8 Å². The molecule has 128 valence electrons. The summed E-state index contributed by atoms with van der Waals surface area (Å²) in [5.41, 5.74) is 0.690. The van der Waals surface area contributed by atoms with Gasteiger partial charge in [0.05, 0.1) is 11.1 Å². The Morgan fingerprint density at radius 1 is 1.17 bits per heavy atom. The molecule has 0 spiro atoms. The second kappa shape index (κ2) is 8.94. The molecule has 0 saturated carbocycles. The van der Waals surface area contributed by atoms with Gasteiger partial charge in [0.15, 0.2) is 6.61 Å². The maximum atomic E-state index is 12.0. The summed E-state index contributed by atoms with van der Waals surface area (Å²) in [4.78, 5) is 12.0. The molecule has 24 heavy (non-hydrogen) atoms. The van der Waals surface area contributed by atoms with Crippen LogP contribution in [0.2, 0.25) is 5.02 Å². The minimum Gasteiger partial charge on any atom is -0.493 e. The topological polar surface area (TPSA) is 47.6 Å². The summed E-state index contributed by atoms with van der Waals surface area (Å²) in [7, 11) is 0. The first-order valence-corrected chi connectivity index (χ1v) is 8.71. The van der Waals surface area contributed by atoms with Crippen LogP contribution in [0.1, 0.15) is 13.8 Å². The number of benzene rings is 2. The van der Waals surface area contributed by atoms with Gasteiger partial charge in [-0.15, -0.1) is 0 Å². The first-order chi connectivity index (χ1) is 11.4. The lowest BCUT2D eigenvalue weighted by atomic mass is 10.2. The third-order valence-corrected chi connectivity index (χ3v) is 3.83. The molecule has 2 aromatic rings. The standard InChI is InChI=1S/C18H19BrClNO3/c1-12(2)10-23-15-6-4-14(5-7-15)21-18(22)11-24-17-8-3-13(20)9-16(17)19/h3-9,12H,10-11H2,1-2H3,(H,21,22). The summed E-state index contributed by atoms with van der Waals surface area (Å²) < 4.78 is 11.8. The Hall–Kier alpha value is -1.72. The molecule has 0 radical (unpaired) electrons. The van der Waals surface area contributed by atoms with Crippen molar-refractivity contribution < 1.29 is 14.3 Å². The van der Waals surface area contributed by atoms with Crippen LogP contribution in [0.3, 0.4) is 0 Å². The lowest BCUT2D eigenvalue weighted by Crippen LogP contribution is -2.20. The van der Waals surface area contributed by atoms with E-state index in [2.05, 4.69) is 35.1 Å². The Bertz CT molecular complexity index is 689. The number of nitrogens with one attached hydrogen (secondary N) is 1. The van der Waals surface area contributed by atoms with Gasteiger partial charge in [-0.25, -0.2) is 0 Å². The summed E-state index contributed by atoms with van der Waals surface area (Å²) in [6, 6.07) is 12.4. The fourth-order valence-electron chi connectivity index (χ4n) is 1.83. The molecule has 0 saturated heterocycles. The van der Waals surface area contributed by atoms with E-state index in [-0.39, 0.29) is 12.5 Å². The lowest BCUT2D eigenvalue weighted by molar-refractivity contribution is -0.118. The highest BCUT2D eigenvalue weighted by atomic mass is 79.9. The molecule has 0 fully saturated rings. The number of hydrogen-bond donors (Lipinski definition) is 1. The maximum Gasteiger partial charge on any atom is 0.262 e. The van der Waals surface area contributed by atoms with E-state index < -0.39 is 0 Å². The smallest absolute Gasteiger partial charge is 0.262 e. The third-order valence-electron chi connectivity index (χ3n) is 2.97. The van der Waals surface area contributed by atoms with E-state index in [0.717, 1.165) is 5.75 Å². The molecule has 6 heteroatoms. The van der Waals surface area contributed by atoms with Crippen LogP contribution in [-0.2, 0) is 4.79 Å². The van der Waals surface area contributed by atoms with E-state index in [1.807, 2.05) is 12.1 Å².